The number of Topliss-reactive ketones (excluding diaryl/α,β-unsaturated/α-hetero) is 1. The van der Waals surface area contributed by atoms with Crippen LogP contribution in [0, 0.1) is 0 Å². The molecule has 7 heteroatoms. The molecule has 0 aliphatic heterocycles. The smallest absolute Gasteiger partial charge is 0.258 e. The van der Waals surface area contributed by atoms with Crippen molar-refractivity contribution >= 4 is 17.6 Å². The molecule has 22 heavy (non-hydrogen) atoms. The summed E-state index contributed by atoms with van der Waals surface area (Å²) >= 11 is 0. The van der Waals surface area contributed by atoms with Gasteiger partial charge in [0.25, 0.3) is 5.91 Å². The van der Waals surface area contributed by atoms with Crippen molar-refractivity contribution in [2.24, 2.45) is 5.73 Å². The largest absolute Gasteiger partial charge is 0.484 e. The molecule has 1 unspecified atom stereocenters. The van der Waals surface area contributed by atoms with Gasteiger partial charge < -0.3 is 20.5 Å². The van der Waals surface area contributed by atoms with Crippen LogP contribution in [0.2, 0.25) is 0 Å². The monoisotopic (exact) mass is 308 g/mol. The molecular weight excluding hydrogens is 288 g/mol. The molecule has 1 rings (SSSR count). The van der Waals surface area contributed by atoms with Gasteiger partial charge in [-0.05, 0) is 26.0 Å². The molecule has 0 spiro atoms. The van der Waals surface area contributed by atoms with Gasteiger partial charge in [0.05, 0.1) is 6.61 Å². The van der Waals surface area contributed by atoms with Gasteiger partial charge in [-0.2, -0.15) is 0 Å². The lowest BCUT2D eigenvalue weighted by atomic mass is 10.0. The standard InChI is InChI=1S/C15H20N2O5/c1-10(18)11-5-4-6-12(7-11)22-8-13(19)17-15(2,9-21-3)14(16)20/h4-7H,8-9H2,1-3H3,(H2,16,20)(H,17,19). The van der Waals surface area contributed by atoms with Crippen molar-refractivity contribution in [3.05, 3.63) is 29.8 Å². The van der Waals surface area contributed by atoms with Crippen molar-refractivity contribution in [1.29, 1.82) is 0 Å². The first-order chi connectivity index (χ1) is 10.3. The second-order valence-corrected chi connectivity index (χ2v) is 5.05. The van der Waals surface area contributed by atoms with Gasteiger partial charge in [0.15, 0.2) is 12.4 Å². The summed E-state index contributed by atoms with van der Waals surface area (Å²) in [5.41, 5.74) is 4.43. The third-order valence-corrected chi connectivity index (χ3v) is 3.00. The van der Waals surface area contributed by atoms with E-state index < -0.39 is 17.4 Å². The number of nitrogens with two attached hydrogens (primary N) is 1. The van der Waals surface area contributed by atoms with E-state index >= 15 is 0 Å². The fourth-order valence-electron chi connectivity index (χ4n) is 1.76. The normalized spacial score (nSPS) is 13.0. The number of ether oxygens (including phenoxy) is 2. The summed E-state index contributed by atoms with van der Waals surface area (Å²) in [6.07, 6.45) is 0. The Bertz CT molecular complexity index is 573. The van der Waals surface area contributed by atoms with Crippen LogP contribution in [-0.2, 0) is 14.3 Å². The van der Waals surface area contributed by atoms with Gasteiger partial charge in [-0.1, -0.05) is 12.1 Å². The van der Waals surface area contributed by atoms with Crippen LogP contribution in [0.5, 0.6) is 5.75 Å². The highest BCUT2D eigenvalue weighted by Crippen LogP contribution is 2.13. The average Bonchev–Trinajstić information content (AvgIpc) is 2.45. The van der Waals surface area contributed by atoms with E-state index in [1.807, 2.05) is 0 Å². The van der Waals surface area contributed by atoms with Crippen molar-refractivity contribution in [2.75, 3.05) is 20.3 Å². The lowest BCUT2D eigenvalue weighted by molar-refractivity contribution is -0.134. The first-order valence-electron chi connectivity index (χ1n) is 6.62. The number of hydrogen-bond acceptors (Lipinski definition) is 5. The molecule has 0 aromatic heterocycles. The number of rotatable bonds is 8. The fraction of sp³-hybridized carbons (Fsp3) is 0.400. The molecule has 0 aliphatic carbocycles. The van der Waals surface area contributed by atoms with Crippen LogP contribution in [0.3, 0.4) is 0 Å². The van der Waals surface area contributed by atoms with E-state index in [1.165, 1.54) is 27.0 Å². The van der Waals surface area contributed by atoms with Crippen molar-refractivity contribution < 1.29 is 23.9 Å². The maximum atomic E-state index is 11.9. The van der Waals surface area contributed by atoms with Crippen molar-refractivity contribution in [3.63, 3.8) is 0 Å². The van der Waals surface area contributed by atoms with Crippen molar-refractivity contribution in [2.45, 2.75) is 19.4 Å². The molecule has 7 nitrogen and oxygen atoms in total. The molecular formula is C15H20N2O5. The molecule has 1 atom stereocenters. The minimum absolute atomic E-state index is 0.0477. The van der Waals surface area contributed by atoms with Gasteiger partial charge in [0, 0.05) is 12.7 Å². The van der Waals surface area contributed by atoms with Crippen LogP contribution in [0.4, 0.5) is 0 Å². The highest BCUT2D eigenvalue weighted by atomic mass is 16.5. The Kier molecular flexibility index (Phi) is 6.06. The van der Waals surface area contributed by atoms with Crippen LogP contribution in [-0.4, -0.2) is 43.5 Å². The second-order valence-electron chi connectivity index (χ2n) is 5.05. The van der Waals surface area contributed by atoms with Crippen LogP contribution in [0.1, 0.15) is 24.2 Å². The lowest BCUT2D eigenvalue weighted by Gasteiger charge is -2.26. The van der Waals surface area contributed by atoms with Gasteiger partial charge >= 0.3 is 0 Å². The summed E-state index contributed by atoms with van der Waals surface area (Å²) in [4.78, 5) is 34.5. The molecule has 0 heterocycles. The molecule has 2 amide bonds. The summed E-state index contributed by atoms with van der Waals surface area (Å²) in [6, 6.07) is 6.47. The third-order valence-electron chi connectivity index (χ3n) is 3.00. The predicted octanol–water partition coefficient (Wildman–Crippen LogP) is 0.275. The van der Waals surface area contributed by atoms with Gasteiger partial charge in [-0.15, -0.1) is 0 Å². The van der Waals surface area contributed by atoms with Crippen LogP contribution in [0.25, 0.3) is 0 Å². The molecule has 1 aromatic carbocycles. The van der Waals surface area contributed by atoms with Crippen LogP contribution >= 0.6 is 0 Å². The van der Waals surface area contributed by atoms with E-state index in [-0.39, 0.29) is 19.0 Å². The van der Waals surface area contributed by atoms with E-state index in [4.69, 9.17) is 15.2 Å². The Balaban J connectivity index is 2.64. The Morgan fingerprint density at radius 3 is 2.55 bits per heavy atom. The van der Waals surface area contributed by atoms with E-state index in [0.29, 0.717) is 11.3 Å². The highest BCUT2D eigenvalue weighted by molar-refractivity contribution is 5.94. The Labute approximate surface area is 128 Å². The topological polar surface area (TPSA) is 108 Å². The Morgan fingerprint density at radius 2 is 2.00 bits per heavy atom. The zero-order chi connectivity index (χ0) is 16.8. The molecule has 1 aromatic rings. The zero-order valence-electron chi connectivity index (χ0n) is 12.8. The third kappa shape index (κ3) is 4.85. The molecule has 0 bridgehead atoms. The number of hydrogen-bond donors (Lipinski definition) is 2. The van der Waals surface area contributed by atoms with Crippen molar-refractivity contribution in [1.82, 2.24) is 5.32 Å². The number of primary amides is 1. The van der Waals surface area contributed by atoms with Crippen molar-refractivity contribution in [3.8, 4) is 5.75 Å². The average molecular weight is 308 g/mol. The molecule has 0 radical (unpaired) electrons. The maximum absolute atomic E-state index is 11.9. The van der Waals surface area contributed by atoms with E-state index in [1.54, 1.807) is 18.2 Å². The van der Waals surface area contributed by atoms with E-state index in [0.717, 1.165) is 0 Å². The number of benzene rings is 1. The lowest BCUT2D eigenvalue weighted by Crippen LogP contribution is -2.59. The molecule has 3 N–H and O–H groups in total. The molecule has 0 saturated carbocycles. The van der Waals surface area contributed by atoms with E-state index in [2.05, 4.69) is 5.32 Å². The molecule has 0 aliphatic rings. The number of nitrogens with one attached hydrogen (secondary N) is 1. The van der Waals surface area contributed by atoms with Gasteiger partial charge in [-0.3, -0.25) is 14.4 Å². The summed E-state index contributed by atoms with van der Waals surface area (Å²) < 4.78 is 10.2. The fourth-order valence-corrected chi connectivity index (χ4v) is 1.76. The van der Waals surface area contributed by atoms with Gasteiger partial charge in [-0.25, -0.2) is 0 Å². The van der Waals surface area contributed by atoms with E-state index in [9.17, 15) is 14.4 Å². The first kappa shape index (κ1) is 17.6. The zero-order valence-corrected chi connectivity index (χ0v) is 12.8. The molecule has 0 saturated heterocycles. The SMILES string of the molecule is COCC(C)(NC(=O)COc1cccc(C(C)=O)c1)C(N)=O. The maximum Gasteiger partial charge on any atom is 0.258 e. The van der Waals surface area contributed by atoms with Gasteiger partial charge in [0.2, 0.25) is 5.91 Å². The number of carbonyl (C=O) groups is 3. The summed E-state index contributed by atoms with van der Waals surface area (Å²) in [6.45, 7) is 2.55. The molecule has 0 fully saturated rings. The summed E-state index contributed by atoms with van der Waals surface area (Å²) in [7, 11) is 1.40. The number of carbonyl (C=O) groups excluding carboxylic acids is 3. The Morgan fingerprint density at radius 1 is 1.32 bits per heavy atom. The van der Waals surface area contributed by atoms with Gasteiger partial charge in [0.1, 0.15) is 11.3 Å². The quantitative estimate of drug-likeness (QED) is 0.670. The highest BCUT2D eigenvalue weighted by Gasteiger charge is 2.33. The Hall–Kier alpha value is -2.41. The predicted molar refractivity (Wildman–Crippen MR) is 79.6 cm³/mol. The summed E-state index contributed by atoms with van der Waals surface area (Å²) in [5.74, 6) is -0.945. The molecule has 120 valence electrons. The van der Waals surface area contributed by atoms with Crippen LogP contribution < -0.4 is 15.8 Å². The minimum Gasteiger partial charge on any atom is -0.484 e. The summed E-state index contributed by atoms with van der Waals surface area (Å²) in [5, 5.41) is 2.47. The number of ketones is 1. The van der Waals surface area contributed by atoms with Crippen LogP contribution in [0.15, 0.2) is 24.3 Å². The first-order valence-corrected chi connectivity index (χ1v) is 6.62. The number of amides is 2. The second kappa shape index (κ2) is 7.56. The minimum atomic E-state index is -1.31. The number of methoxy groups -OCH3 is 1.